The average Bonchev–Trinajstić information content (AvgIpc) is 2.41. The molecule has 4 nitrogen and oxygen atoms in total. The van der Waals surface area contributed by atoms with Gasteiger partial charge in [-0.3, -0.25) is 4.79 Å². The number of carbonyl (C=O) groups is 1. The Kier molecular flexibility index (Phi) is 4.00. The number of halogens is 1. The summed E-state index contributed by atoms with van der Waals surface area (Å²) in [5.74, 6) is -1.52. The standard InChI is InChI=1S/C15H14FNO3/c1-9(18)10-3-2-4-12(7-10)17-15(20)13-8-11(16)5-6-14(13)19/h2-9,18-19H,1H3,(H,17,20). The Morgan fingerprint density at radius 2 is 2.00 bits per heavy atom. The van der Waals surface area contributed by atoms with E-state index in [1.165, 1.54) is 0 Å². The van der Waals surface area contributed by atoms with Crippen LogP contribution >= 0.6 is 0 Å². The molecule has 0 aliphatic carbocycles. The van der Waals surface area contributed by atoms with Crippen molar-refractivity contribution in [3.05, 3.63) is 59.4 Å². The van der Waals surface area contributed by atoms with Crippen molar-refractivity contribution in [2.75, 3.05) is 5.32 Å². The van der Waals surface area contributed by atoms with Crippen LogP contribution in [0.25, 0.3) is 0 Å². The molecule has 0 radical (unpaired) electrons. The minimum Gasteiger partial charge on any atom is -0.507 e. The van der Waals surface area contributed by atoms with E-state index in [9.17, 15) is 19.4 Å². The molecule has 104 valence electrons. The molecule has 0 aromatic heterocycles. The SMILES string of the molecule is CC(O)c1cccc(NC(=O)c2cc(F)ccc2O)c1. The normalized spacial score (nSPS) is 11.9. The second-order valence-electron chi connectivity index (χ2n) is 4.42. The highest BCUT2D eigenvalue weighted by Crippen LogP contribution is 2.21. The number of amides is 1. The maximum absolute atomic E-state index is 13.1. The van der Waals surface area contributed by atoms with Gasteiger partial charge < -0.3 is 15.5 Å². The summed E-state index contributed by atoms with van der Waals surface area (Å²) in [7, 11) is 0. The quantitative estimate of drug-likeness (QED) is 0.806. The zero-order chi connectivity index (χ0) is 14.7. The lowest BCUT2D eigenvalue weighted by Crippen LogP contribution is -2.12. The monoisotopic (exact) mass is 275 g/mol. The summed E-state index contributed by atoms with van der Waals surface area (Å²) in [6.07, 6.45) is -0.658. The Labute approximate surface area is 115 Å². The minimum atomic E-state index is -0.658. The fraction of sp³-hybridized carbons (Fsp3) is 0.133. The van der Waals surface area contributed by atoms with Gasteiger partial charge in [0.1, 0.15) is 11.6 Å². The summed E-state index contributed by atoms with van der Waals surface area (Å²) < 4.78 is 13.1. The molecule has 0 fully saturated rings. The fourth-order valence-corrected chi connectivity index (χ4v) is 1.76. The number of benzene rings is 2. The van der Waals surface area contributed by atoms with Gasteiger partial charge in [0.2, 0.25) is 0 Å². The van der Waals surface area contributed by atoms with E-state index in [1.54, 1.807) is 31.2 Å². The van der Waals surface area contributed by atoms with Crippen LogP contribution < -0.4 is 5.32 Å². The van der Waals surface area contributed by atoms with Crippen LogP contribution in [0.2, 0.25) is 0 Å². The number of phenols is 1. The number of aliphatic hydroxyl groups excluding tert-OH is 1. The Hall–Kier alpha value is -2.40. The number of hydrogen-bond donors (Lipinski definition) is 3. The zero-order valence-corrected chi connectivity index (χ0v) is 10.8. The number of anilines is 1. The van der Waals surface area contributed by atoms with E-state index in [0.717, 1.165) is 18.2 Å². The van der Waals surface area contributed by atoms with Crippen molar-refractivity contribution in [2.24, 2.45) is 0 Å². The Balaban J connectivity index is 2.23. The maximum atomic E-state index is 13.1. The molecule has 3 N–H and O–H groups in total. The van der Waals surface area contributed by atoms with Crippen molar-refractivity contribution in [3.8, 4) is 5.75 Å². The van der Waals surface area contributed by atoms with Crippen LogP contribution in [-0.2, 0) is 0 Å². The van der Waals surface area contributed by atoms with E-state index in [0.29, 0.717) is 11.3 Å². The molecular formula is C15H14FNO3. The molecule has 20 heavy (non-hydrogen) atoms. The Morgan fingerprint density at radius 1 is 1.25 bits per heavy atom. The summed E-state index contributed by atoms with van der Waals surface area (Å²) in [4.78, 5) is 12.0. The topological polar surface area (TPSA) is 69.6 Å². The number of rotatable bonds is 3. The van der Waals surface area contributed by atoms with Gasteiger partial charge in [-0.1, -0.05) is 12.1 Å². The average molecular weight is 275 g/mol. The molecule has 2 rings (SSSR count). The first-order chi connectivity index (χ1) is 9.47. The van der Waals surface area contributed by atoms with Gasteiger partial charge in [-0.2, -0.15) is 0 Å². The first kappa shape index (κ1) is 14.0. The predicted molar refractivity (Wildman–Crippen MR) is 73.1 cm³/mol. The molecule has 0 aliphatic rings. The van der Waals surface area contributed by atoms with E-state index in [-0.39, 0.29) is 11.3 Å². The van der Waals surface area contributed by atoms with Gasteiger partial charge in [-0.05, 0) is 42.8 Å². The van der Waals surface area contributed by atoms with Crippen LogP contribution in [-0.4, -0.2) is 16.1 Å². The van der Waals surface area contributed by atoms with Crippen LogP contribution in [0.3, 0.4) is 0 Å². The minimum absolute atomic E-state index is 0.146. The van der Waals surface area contributed by atoms with E-state index >= 15 is 0 Å². The van der Waals surface area contributed by atoms with Gasteiger partial charge in [0, 0.05) is 5.69 Å². The van der Waals surface area contributed by atoms with E-state index in [2.05, 4.69) is 5.32 Å². The number of carbonyl (C=O) groups excluding carboxylic acids is 1. The van der Waals surface area contributed by atoms with E-state index in [4.69, 9.17) is 0 Å². The smallest absolute Gasteiger partial charge is 0.259 e. The van der Waals surface area contributed by atoms with Crippen LogP contribution in [0.5, 0.6) is 5.75 Å². The van der Waals surface area contributed by atoms with Crippen LogP contribution in [0.15, 0.2) is 42.5 Å². The Bertz CT molecular complexity index is 641. The molecule has 2 aromatic rings. The summed E-state index contributed by atoms with van der Waals surface area (Å²) in [6, 6.07) is 9.81. The number of nitrogens with one attached hydrogen (secondary N) is 1. The van der Waals surface area contributed by atoms with Crippen molar-refractivity contribution in [1.29, 1.82) is 0 Å². The van der Waals surface area contributed by atoms with Gasteiger partial charge in [0.05, 0.1) is 11.7 Å². The highest BCUT2D eigenvalue weighted by Gasteiger charge is 2.13. The molecule has 0 aliphatic heterocycles. The van der Waals surface area contributed by atoms with Crippen LogP contribution in [0.1, 0.15) is 28.9 Å². The van der Waals surface area contributed by atoms with Gasteiger partial charge >= 0.3 is 0 Å². The molecule has 1 unspecified atom stereocenters. The van der Waals surface area contributed by atoms with Crippen molar-refractivity contribution in [2.45, 2.75) is 13.0 Å². The van der Waals surface area contributed by atoms with Crippen molar-refractivity contribution < 1.29 is 19.4 Å². The first-order valence-electron chi connectivity index (χ1n) is 6.05. The number of aliphatic hydroxyl groups is 1. The summed E-state index contributed by atoms with van der Waals surface area (Å²) >= 11 is 0. The van der Waals surface area contributed by atoms with Gasteiger partial charge in [-0.25, -0.2) is 4.39 Å². The molecule has 0 saturated heterocycles. The third kappa shape index (κ3) is 3.13. The molecule has 1 amide bonds. The Morgan fingerprint density at radius 3 is 2.70 bits per heavy atom. The summed E-state index contributed by atoms with van der Waals surface area (Å²) in [5, 5.41) is 21.6. The third-order valence-corrected chi connectivity index (χ3v) is 2.83. The lowest BCUT2D eigenvalue weighted by atomic mass is 10.1. The molecule has 1 atom stereocenters. The number of hydrogen-bond acceptors (Lipinski definition) is 3. The number of phenolic OH excluding ortho intramolecular Hbond substituents is 1. The van der Waals surface area contributed by atoms with Crippen molar-refractivity contribution in [1.82, 2.24) is 0 Å². The molecule has 0 heterocycles. The number of aromatic hydroxyl groups is 1. The van der Waals surface area contributed by atoms with Gasteiger partial charge in [0.25, 0.3) is 5.91 Å². The molecule has 0 bridgehead atoms. The summed E-state index contributed by atoms with van der Waals surface area (Å²) in [5.41, 5.74) is 0.954. The first-order valence-corrected chi connectivity index (χ1v) is 6.05. The van der Waals surface area contributed by atoms with Gasteiger partial charge in [0.15, 0.2) is 0 Å². The molecule has 0 spiro atoms. The maximum Gasteiger partial charge on any atom is 0.259 e. The second-order valence-corrected chi connectivity index (χ2v) is 4.42. The molecule has 0 saturated carbocycles. The van der Waals surface area contributed by atoms with Crippen molar-refractivity contribution in [3.63, 3.8) is 0 Å². The molecular weight excluding hydrogens is 261 g/mol. The lowest BCUT2D eigenvalue weighted by molar-refractivity contribution is 0.102. The summed E-state index contributed by atoms with van der Waals surface area (Å²) in [6.45, 7) is 1.61. The highest BCUT2D eigenvalue weighted by atomic mass is 19.1. The fourth-order valence-electron chi connectivity index (χ4n) is 1.76. The molecule has 5 heteroatoms. The molecule has 2 aromatic carbocycles. The lowest BCUT2D eigenvalue weighted by Gasteiger charge is -2.10. The predicted octanol–water partition coefficient (Wildman–Crippen LogP) is 2.84. The third-order valence-electron chi connectivity index (χ3n) is 2.83. The van der Waals surface area contributed by atoms with Crippen LogP contribution in [0, 0.1) is 5.82 Å². The van der Waals surface area contributed by atoms with E-state index in [1.807, 2.05) is 0 Å². The largest absolute Gasteiger partial charge is 0.507 e. The van der Waals surface area contributed by atoms with Crippen molar-refractivity contribution >= 4 is 11.6 Å². The van der Waals surface area contributed by atoms with Gasteiger partial charge in [-0.15, -0.1) is 0 Å². The zero-order valence-electron chi connectivity index (χ0n) is 10.8. The highest BCUT2D eigenvalue weighted by molar-refractivity contribution is 6.06. The second kappa shape index (κ2) is 5.71. The van der Waals surface area contributed by atoms with Crippen LogP contribution in [0.4, 0.5) is 10.1 Å². The van der Waals surface area contributed by atoms with E-state index < -0.39 is 17.8 Å².